The van der Waals surface area contributed by atoms with E-state index in [0.717, 1.165) is 0 Å². The second-order valence-electron chi connectivity index (χ2n) is 2.52. The fourth-order valence-electron chi connectivity index (χ4n) is 0.573. The number of ether oxygens (including phenoxy) is 1. The average molecular weight is 206 g/mol. The van der Waals surface area contributed by atoms with Crippen LogP contribution in [0.5, 0.6) is 0 Å². The summed E-state index contributed by atoms with van der Waals surface area (Å²) in [5.74, 6) is 0. The largest absolute Gasteiger partial charge is 0.425 e. The van der Waals surface area contributed by atoms with Crippen molar-refractivity contribution in [2.45, 2.75) is 38.5 Å². The van der Waals surface area contributed by atoms with Gasteiger partial charge in [-0.3, -0.25) is 0 Å². The Morgan fingerprint density at radius 2 is 1.77 bits per heavy atom. The minimum Gasteiger partial charge on any atom is -0.346 e. The maximum Gasteiger partial charge on any atom is 0.425 e. The molecule has 0 aliphatic carbocycles. The third-order valence-electron chi connectivity index (χ3n) is 1.32. The molecule has 0 saturated heterocycles. The van der Waals surface area contributed by atoms with Gasteiger partial charge in [-0.2, -0.15) is 13.2 Å². The van der Waals surface area contributed by atoms with Crippen LogP contribution in [0.2, 0.25) is 0 Å². The Labute approximate surface area is 72.9 Å². The smallest absolute Gasteiger partial charge is 0.346 e. The van der Waals surface area contributed by atoms with Crippen molar-refractivity contribution < 1.29 is 26.7 Å². The Hall–Kier alpha value is -0.390. The van der Waals surface area contributed by atoms with Crippen molar-refractivity contribution in [2.75, 3.05) is 6.61 Å². The van der Waals surface area contributed by atoms with Gasteiger partial charge in [0, 0.05) is 0 Å². The summed E-state index contributed by atoms with van der Waals surface area (Å²) < 4.78 is 63.0. The van der Waals surface area contributed by atoms with Crippen molar-refractivity contribution in [3.63, 3.8) is 0 Å². The molecule has 0 bridgehead atoms. The van der Waals surface area contributed by atoms with Gasteiger partial charge in [-0.1, -0.05) is 13.3 Å². The molecule has 0 aliphatic rings. The normalized spacial score (nSPS) is 17.1. The molecule has 80 valence electrons. The lowest BCUT2D eigenvalue weighted by molar-refractivity contribution is -0.235. The second-order valence-corrected chi connectivity index (χ2v) is 2.52. The topological polar surface area (TPSA) is 9.23 Å². The van der Waals surface area contributed by atoms with E-state index in [-0.39, 0.29) is 6.61 Å². The van der Waals surface area contributed by atoms with Gasteiger partial charge in [0.1, 0.15) is 0 Å². The number of unbranched alkanes of at least 4 members (excludes halogenated alkanes) is 1. The van der Waals surface area contributed by atoms with Crippen LogP contribution < -0.4 is 0 Å². The SMILES string of the molecule is CCCCOC(F)C(F)C(F)(F)F. The number of halogens is 5. The van der Waals surface area contributed by atoms with E-state index in [9.17, 15) is 22.0 Å². The Bertz CT molecular complexity index is 135. The van der Waals surface area contributed by atoms with E-state index in [1.54, 1.807) is 6.92 Å². The van der Waals surface area contributed by atoms with E-state index in [1.165, 1.54) is 0 Å². The first kappa shape index (κ1) is 12.6. The van der Waals surface area contributed by atoms with Crippen LogP contribution in [0.4, 0.5) is 22.0 Å². The third-order valence-corrected chi connectivity index (χ3v) is 1.32. The molecule has 13 heavy (non-hydrogen) atoms. The lowest BCUT2D eigenvalue weighted by atomic mass is 10.3. The van der Waals surface area contributed by atoms with Gasteiger partial charge < -0.3 is 4.74 Å². The Balaban J connectivity index is 3.76. The summed E-state index contributed by atoms with van der Waals surface area (Å²) >= 11 is 0. The zero-order valence-corrected chi connectivity index (χ0v) is 7.07. The second kappa shape index (κ2) is 5.36. The van der Waals surface area contributed by atoms with Gasteiger partial charge in [0.2, 0.25) is 6.36 Å². The predicted molar refractivity (Wildman–Crippen MR) is 36.7 cm³/mol. The number of hydrogen-bond acceptors (Lipinski definition) is 1. The monoisotopic (exact) mass is 206 g/mol. The zero-order chi connectivity index (χ0) is 10.5. The standard InChI is InChI=1S/C7H11F5O/c1-2-3-4-13-6(9)5(8)7(10,11)12/h5-6H,2-4H2,1H3. The molecule has 0 radical (unpaired) electrons. The highest BCUT2D eigenvalue weighted by Gasteiger charge is 2.46. The summed E-state index contributed by atoms with van der Waals surface area (Å²) in [4.78, 5) is 0. The minimum absolute atomic E-state index is 0.200. The van der Waals surface area contributed by atoms with Crippen molar-refractivity contribution in [1.82, 2.24) is 0 Å². The van der Waals surface area contributed by atoms with Crippen LogP contribution in [0.3, 0.4) is 0 Å². The zero-order valence-electron chi connectivity index (χ0n) is 7.07. The van der Waals surface area contributed by atoms with Crippen LogP contribution in [0, 0.1) is 0 Å². The Kier molecular flexibility index (Phi) is 5.20. The fraction of sp³-hybridized carbons (Fsp3) is 1.00. The molecule has 0 aromatic carbocycles. The summed E-state index contributed by atoms with van der Waals surface area (Å²) in [5, 5.41) is 0. The molecule has 0 aromatic heterocycles. The molecule has 0 fully saturated rings. The minimum atomic E-state index is -5.19. The first-order valence-corrected chi connectivity index (χ1v) is 3.86. The highest BCUT2D eigenvalue weighted by atomic mass is 19.4. The maximum atomic E-state index is 12.3. The quantitative estimate of drug-likeness (QED) is 0.496. The van der Waals surface area contributed by atoms with E-state index in [1.807, 2.05) is 0 Å². The van der Waals surface area contributed by atoms with Crippen LogP contribution >= 0.6 is 0 Å². The highest BCUT2D eigenvalue weighted by molar-refractivity contribution is 4.68. The molecule has 0 aliphatic heterocycles. The van der Waals surface area contributed by atoms with E-state index in [2.05, 4.69) is 4.74 Å². The Morgan fingerprint density at radius 3 is 2.15 bits per heavy atom. The Morgan fingerprint density at radius 1 is 1.23 bits per heavy atom. The van der Waals surface area contributed by atoms with E-state index in [0.29, 0.717) is 12.8 Å². The molecule has 0 N–H and O–H groups in total. The first-order chi connectivity index (χ1) is 5.89. The van der Waals surface area contributed by atoms with Crippen molar-refractivity contribution in [3.8, 4) is 0 Å². The molecule has 0 spiro atoms. The van der Waals surface area contributed by atoms with E-state index in [4.69, 9.17) is 0 Å². The fourth-order valence-corrected chi connectivity index (χ4v) is 0.573. The summed E-state index contributed by atoms with van der Waals surface area (Å²) in [5.41, 5.74) is 0. The number of hydrogen-bond donors (Lipinski definition) is 0. The summed E-state index contributed by atoms with van der Waals surface area (Å²) in [7, 11) is 0. The molecule has 0 heterocycles. The molecule has 0 amide bonds. The van der Waals surface area contributed by atoms with E-state index >= 15 is 0 Å². The predicted octanol–water partition coefficient (Wildman–Crippen LogP) is 3.00. The number of rotatable bonds is 5. The van der Waals surface area contributed by atoms with Crippen LogP contribution in [0.1, 0.15) is 19.8 Å². The van der Waals surface area contributed by atoms with Crippen LogP contribution in [-0.4, -0.2) is 25.3 Å². The van der Waals surface area contributed by atoms with Crippen molar-refractivity contribution in [1.29, 1.82) is 0 Å². The van der Waals surface area contributed by atoms with Gasteiger partial charge in [0.25, 0.3) is 6.17 Å². The van der Waals surface area contributed by atoms with Crippen molar-refractivity contribution in [2.24, 2.45) is 0 Å². The van der Waals surface area contributed by atoms with Crippen LogP contribution in [-0.2, 0) is 4.74 Å². The molecule has 0 rings (SSSR count). The van der Waals surface area contributed by atoms with E-state index < -0.39 is 18.7 Å². The van der Waals surface area contributed by atoms with Gasteiger partial charge in [-0.15, -0.1) is 0 Å². The maximum absolute atomic E-state index is 12.3. The molecule has 0 aromatic rings. The van der Waals surface area contributed by atoms with Gasteiger partial charge >= 0.3 is 6.18 Å². The lowest BCUT2D eigenvalue weighted by Crippen LogP contribution is -2.35. The summed E-state index contributed by atoms with van der Waals surface area (Å²) in [6, 6.07) is 0. The van der Waals surface area contributed by atoms with Crippen LogP contribution in [0.15, 0.2) is 0 Å². The summed E-state index contributed by atoms with van der Waals surface area (Å²) in [6.07, 6.45) is -10.6. The third kappa shape index (κ3) is 5.02. The molecule has 0 saturated carbocycles. The van der Waals surface area contributed by atoms with Gasteiger partial charge in [-0.05, 0) is 6.42 Å². The summed E-state index contributed by atoms with van der Waals surface area (Å²) in [6.45, 7) is 1.56. The van der Waals surface area contributed by atoms with Crippen molar-refractivity contribution in [3.05, 3.63) is 0 Å². The molecular formula is C7H11F5O. The van der Waals surface area contributed by atoms with Gasteiger partial charge in [0.15, 0.2) is 0 Å². The molecule has 2 atom stereocenters. The number of alkyl halides is 5. The molecular weight excluding hydrogens is 195 g/mol. The first-order valence-electron chi connectivity index (χ1n) is 3.86. The van der Waals surface area contributed by atoms with Gasteiger partial charge in [0.05, 0.1) is 6.61 Å². The van der Waals surface area contributed by atoms with Gasteiger partial charge in [-0.25, -0.2) is 8.78 Å². The van der Waals surface area contributed by atoms with Crippen molar-refractivity contribution >= 4 is 0 Å². The molecule has 6 heteroatoms. The molecule has 1 nitrogen and oxygen atoms in total. The van der Waals surface area contributed by atoms with Crippen LogP contribution in [0.25, 0.3) is 0 Å². The molecule has 2 unspecified atom stereocenters. The lowest BCUT2D eigenvalue weighted by Gasteiger charge is -2.16. The highest BCUT2D eigenvalue weighted by Crippen LogP contribution is 2.27. The average Bonchev–Trinajstić information content (AvgIpc) is 2.01.